The van der Waals surface area contributed by atoms with E-state index in [0.717, 1.165) is 21.6 Å². The molecule has 4 aromatic carbocycles. The third-order valence-corrected chi connectivity index (χ3v) is 11.0. The Morgan fingerprint density at radius 3 is 2.06 bits per heavy atom. The number of hydrogen-bond donors (Lipinski definition) is 3. The van der Waals surface area contributed by atoms with Crippen molar-refractivity contribution in [2.75, 3.05) is 25.3 Å². The van der Waals surface area contributed by atoms with Crippen LogP contribution in [0.3, 0.4) is 0 Å². The first kappa shape index (κ1) is 36.2. The zero-order chi connectivity index (χ0) is 37.7. The number of aromatic nitrogens is 1. The van der Waals surface area contributed by atoms with Crippen molar-refractivity contribution in [3.63, 3.8) is 0 Å². The molecule has 274 valence electrons. The van der Waals surface area contributed by atoms with Gasteiger partial charge in [0.25, 0.3) is 11.8 Å². The number of amides is 2. The Balaban J connectivity index is 1.09. The summed E-state index contributed by atoms with van der Waals surface area (Å²) in [6, 6.07) is 36.0. The number of aliphatic hydroxyl groups is 1. The molecular formula is C40H35N5O7S2. The predicted molar refractivity (Wildman–Crippen MR) is 206 cm³/mol. The van der Waals surface area contributed by atoms with Crippen LogP contribution in [0, 0.1) is 0 Å². The van der Waals surface area contributed by atoms with E-state index in [1.807, 2.05) is 54.6 Å². The monoisotopic (exact) mass is 761 g/mol. The van der Waals surface area contributed by atoms with Crippen molar-refractivity contribution in [1.29, 1.82) is 0 Å². The summed E-state index contributed by atoms with van der Waals surface area (Å²) in [5, 5.41) is 22.6. The molecule has 0 spiro atoms. The lowest BCUT2D eigenvalue weighted by Crippen LogP contribution is -2.71. The molecule has 0 radical (unpaired) electrons. The molecule has 0 unspecified atom stereocenters. The van der Waals surface area contributed by atoms with Gasteiger partial charge in [-0.05, 0) is 34.4 Å². The molecule has 2 amide bonds. The zero-order valence-corrected chi connectivity index (χ0v) is 30.8. The zero-order valence-electron chi connectivity index (χ0n) is 29.2. The van der Waals surface area contributed by atoms with Gasteiger partial charge in [-0.3, -0.25) is 14.5 Å². The van der Waals surface area contributed by atoms with Gasteiger partial charge < -0.3 is 30.1 Å². The van der Waals surface area contributed by atoms with E-state index >= 15 is 0 Å². The maximum Gasteiger partial charge on any atom is 0.358 e. The van der Waals surface area contributed by atoms with Gasteiger partial charge >= 0.3 is 5.97 Å². The Morgan fingerprint density at radius 1 is 0.907 bits per heavy atom. The number of anilines is 1. The van der Waals surface area contributed by atoms with Crippen LogP contribution >= 0.6 is 23.1 Å². The second kappa shape index (κ2) is 15.9. The highest BCUT2D eigenvalue weighted by Crippen LogP contribution is 2.42. The van der Waals surface area contributed by atoms with Crippen molar-refractivity contribution >= 4 is 51.7 Å². The molecule has 2 aliphatic rings. The normalized spacial score (nSPS) is 16.9. The summed E-state index contributed by atoms with van der Waals surface area (Å²) in [6.07, 6.45) is 0. The van der Waals surface area contributed by atoms with Gasteiger partial charge in [-0.25, -0.2) is 9.78 Å². The number of fused-ring (bicyclic) bond motifs is 1. The fourth-order valence-corrected chi connectivity index (χ4v) is 8.37. The van der Waals surface area contributed by atoms with E-state index in [2.05, 4.69) is 52.2 Å². The number of oxime groups is 1. The number of esters is 1. The van der Waals surface area contributed by atoms with Gasteiger partial charge in [0.1, 0.15) is 47.9 Å². The highest BCUT2D eigenvalue weighted by atomic mass is 32.2. The number of benzene rings is 4. The van der Waals surface area contributed by atoms with Crippen LogP contribution < -0.4 is 15.4 Å². The molecule has 0 saturated carbocycles. The van der Waals surface area contributed by atoms with Crippen molar-refractivity contribution in [2.24, 2.45) is 5.16 Å². The van der Waals surface area contributed by atoms with Gasteiger partial charge in [-0.15, -0.1) is 23.1 Å². The van der Waals surface area contributed by atoms with E-state index in [9.17, 15) is 19.5 Å². The van der Waals surface area contributed by atoms with E-state index in [1.54, 1.807) is 36.8 Å². The average molecular weight is 762 g/mol. The number of rotatable bonds is 13. The topological polar surface area (TPSA) is 152 Å². The summed E-state index contributed by atoms with van der Waals surface area (Å²) >= 11 is 2.49. The van der Waals surface area contributed by atoms with Crippen molar-refractivity contribution in [3.8, 4) is 5.75 Å². The molecule has 3 N–H and O–H groups in total. The third kappa shape index (κ3) is 7.00. The third-order valence-electron chi connectivity index (χ3n) is 9.02. The molecule has 12 nitrogen and oxygen atoms in total. The number of thiazole rings is 1. The average Bonchev–Trinajstić information content (AvgIpc) is 3.69. The molecule has 0 aliphatic carbocycles. The minimum atomic E-state index is -1.01. The molecule has 3 heterocycles. The Hall–Kier alpha value is -6.12. The fourth-order valence-electron chi connectivity index (χ4n) is 6.42. The molecule has 54 heavy (non-hydrogen) atoms. The van der Waals surface area contributed by atoms with Crippen LogP contribution in [0.5, 0.6) is 5.75 Å². The number of ether oxygens (including phenoxy) is 2. The SMILES string of the molecule is CON=C(C(=O)N[C@@H]1C(=O)N2C(C(=O)OCc3ccc(OC)cc3)=C(O)CS[C@H]12)c1csc(NC(c2ccccc2)(c2ccccc2)c2ccccc2)n1. The molecule has 2 atom stereocenters. The number of thioether (sulfide) groups is 1. The van der Waals surface area contributed by atoms with E-state index in [0.29, 0.717) is 16.4 Å². The summed E-state index contributed by atoms with van der Waals surface area (Å²) < 4.78 is 10.6. The van der Waals surface area contributed by atoms with E-state index in [1.165, 1.54) is 30.2 Å². The lowest BCUT2D eigenvalue weighted by atomic mass is 9.77. The molecule has 1 saturated heterocycles. The van der Waals surface area contributed by atoms with Crippen LogP contribution in [0.1, 0.15) is 27.9 Å². The van der Waals surface area contributed by atoms with Crippen molar-refractivity contribution < 1.29 is 33.8 Å². The quantitative estimate of drug-likeness (QED) is 0.0440. The number of methoxy groups -OCH3 is 1. The largest absolute Gasteiger partial charge is 0.509 e. The molecule has 1 fully saturated rings. The minimum Gasteiger partial charge on any atom is -0.509 e. The predicted octanol–water partition coefficient (Wildman–Crippen LogP) is 5.82. The van der Waals surface area contributed by atoms with E-state index in [-0.39, 0.29) is 35.2 Å². The Labute approximate surface area is 319 Å². The highest BCUT2D eigenvalue weighted by molar-refractivity contribution is 8.00. The summed E-state index contributed by atoms with van der Waals surface area (Å²) in [7, 11) is 2.86. The molecule has 2 aliphatic heterocycles. The van der Waals surface area contributed by atoms with Crippen LogP contribution in [0.15, 0.2) is 137 Å². The fraction of sp³-hybridized carbons (Fsp3) is 0.175. The Kier molecular flexibility index (Phi) is 10.6. The van der Waals surface area contributed by atoms with E-state index in [4.69, 9.17) is 19.3 Å². The second-order valence-electron chi connectivity index (χ2n) is 12.2. The summed E-state index contributed by atoms with van der Waals surface area (Å²) in [5.74, 6) is -1.72. The summed E-state index contributed by atoms with van der Waals surface area (Å²) in [6.45, 7) is -0.0793. The van der Waals surface area contributed by atoms with Gasteiger partial charge in [0.05, 0.1) is 12.9 Å². The second-order valence-corrected chi connectivity index (χ2v) is 14.2. The Bertz CT molecular complexity index is 2100. The number of carbonyl (C=O) groups is 3. The summed E-state index contributed by atoms with van der Waals surface area (Å²) in [4.78, 5) is 51.4. The first-order chi connectivity index (χ1) is 26.3. The number of nitrogens with zero attached hydrogens (tertiary/aromatic N) is 3. The number of nitrogens with one attached hydrogen (secondary N) is 2. The maximum absolute atomic E-state index is 13.8. The van der Waals surface area contributed by atoms with Crippen molar-refractivity contribution in [1.82, 2.24) is 15.2 Å². The number of β-lactam (4-membered cyclic amide) rings is 1. The molecular weight excluding hydrogens is 727 g/mol. The van der Waals surface area contributed by atoms with Gasteiger partial charge in [-0.2, -0.15) is 0 Å². The molecule has 0 bridgehead atoms. The van der Waals surface area contributed by atoms with Gasteiger partial charge in [0.2, 0.25) is 0 Å². The smallest absolute Gasteiger partial charge is 0.358 e. The van der Waals surface area contributed by atoms with Crippen molar-refractivity contribution in [3.05, 3.63) is 160 Å². The van der Waals surface area contributed by atoms with Crippen molar-refractivity contribution in [2.45, 2.75) is 23.6 Å². The van der Waals surface area contributed by atoms with Crippen LogP contribution in [-0.2, 0) is 36.1 Å². The first-order valence-electron chi connectivity index (χ1n) is 16.8. The van der Waals surface area contributed by atoms with E-state index < -0.39 is 34.7 Å². The number of carbonyl (C=O) groups excluding carboxylic acids is 3. The van der Waals surface area contributed by atoms with Gasteiger partial charge in [-0.1, -0.05) is 108 Å². The van der Waals surface area contributed by atoms with Crippen LogP contribution in [-0.4, -0.2) is 69.9 Å². The lowest BCUT2D eigenvalue weighted by Gasteiger charge is -2.48. The lowest BCUT2D eigenvalue weighted by molar-refractivity contribution is -0.153. The Morgan fingerprint density at radius 2 is 1.50 bits per heavy atom. The van der Waals surface area contributed by atoms with Crippen LogP contribution in [0.2, 0.25) is 0 Å². The molecule has 14 heteroatoms. The minimum absolute atomic E-state index is 0.0416. The standard InChI is InChI=1S/C40H35N5O7S2/c1-50-29-20-18-25(19-21-29)22-52-38(49)34-31(46)24-53-37-33(36(48)45(34)37)42-35(47)32(44-51-2)30-23-54-39(41-30)43-40(26-12-6-3-7-13-26,27-14-8-4-9-15-27)28-16-10-5-11-17-28/h3-21,23,33,37,46H,22,24H2,1-2H3,(H,41,43)(H,42,47)/t33-,37-/m1/s1. The molecule has 5 aromatic rings. The number of aliphatic hydroxyl groups excluding tert-OH is 1. The molecule has 7 rings (SSSR count). The maximum atomic E-state index is 13.8. The highest BCUT2D eigenvalue weighted by Gasteiger charge is 2.55. The van der Waals surface area contributed by atoms with Gasteiger partial charge in [0, 0.05) is 5.38 Å². The summed E-state index contributed by atoms with van der Waals surface area (Å²) in [5.41, 5.74) is 2.61. The first-order valence-corrected chi connectivity index (χ1v) is 18.8. The number of hydrogen-bond acceptors (Lipinski definition) is 12. The van der Waals surface area contributed by atoms with Crippen LogP contribution in [0.25, 0.3) is 0 Å². The van der Waals surface area contributed by atoms with Gasteiger partial charge in [0.15, 0.2) is 16.5 Å². The van der Waals surface area contributed by atoms with Crippen LogP contribution in [0.4, 0.5) is 5.13 Å². The molecule has 1 aromatic heterocycles.